The number of halogens is 1. The molecule has 3 heterocycles. The van der Waals surface area contributed by atoms with Crippen LogP contribution in [0.5, 0.6) is 5.88 Å². The predicted octanol–water partition coefficient (Wildman–Crippen LogP) is 2.87. The molecule has 3 N–H and O–H groups in total. The number of amidine groups is 1. The Labute approximate surface area is 192 Å². The van der Waals surface area contributed by atoms with Gasteiger partial charge in [-0.2, -0.15) is 0 Å². The van der Waals surface area contributed by atoms with Crippen molar-refractivity contribution in [3.63, 3.8) is 0 Å². The lowest BCUT2D eigenvalue weighted by Gasteiger charge is -2.44. The number of hydrogen-bond donors (Lipinski definition) is 2. The van der Waals surface area contributed by atoms with Gasteiger partial charge in [-0.1, -0.05) is 0 Å². The number of hydrogen-bond acceptors (Lipinski definition) is 8. The molecular formula is C22H27FN6O3S. The van der Waals surface area contributed by atoms with Crippen molar-refractivity contribution in [2.45, 2.75) is 49.7 Å². The van der Waals surface area contributed by atoms with Gasteiger partial charge in [0, 0.05) is 17.8 Å². The summed E-state index contributed by atoms with van der Waals surface area (Å²) in [6, 6.07) is 4.19. The smallest absolute Gasteiger partial charge is 0.275 e. The number of fused-ring (bicyclic) bond motifs is 1. The van der Waals surface area contributed by atoms with E-state index in [1.54, 1.807) is 20.8 Å². The maximum absolute atomic E-state index is 15.1. The number of carbonyl (C=O) groups is 1. The first-order chi connectivity index (χ1) is 15.5. The minimum absolute atomic E-state index is 0.0785. The highest BCUT2D eigenvalue weighted by molar-refractivity contribution is 7.96. The zero-order chi connectivity index (χ0) is 24.0. The maximum Gasteiger partial charge on any atom is 0.275 e. The molecule has 0 radical (unpaired) electrons. The minimum Gasteiger partial charge on any atom is -0.477 e. The normalized spacial score (nSPS) is 27.8. The maximum atomic E-state index is 15.1. The van der Waals surface area contributed by atoms with Gasteiger partial charge < -0.3 is 15.8 Å². The van der Waals surface area contributed by atoms with Crippen LogP contribution in [-0.4, -0.2) is 49.1 Å². The molecule has 2 aliphatic heterocycles. The third kappa shape index (κ3) is 3.64. The van der Waals surface area contributed by atoms with Crippen LogP contribution in [0.2, 0.25) is 0 Å². The van der Waals surface area contributed by atoms with E-state index >= 15 is 4.39 Å². The Morgan fingerprint density at radius 3 is 2.73 bits per heavy atom. The van der Waals surface area contributed by atoms with Crippen molar-refractivity contribution in [1.29, 1.82) is 0 Å². The predicted molar refractivity (Wildman–Crippen MR) is 124 cm³/mol. The average molecular weight is 475 g/mol. The molecule has 1 aromatic carbocycles. The van der Waals surface area contributed by atoms with Gasteiger partial charge in [-0.15, -0.1) is 0 Å². The first-order valence-electron chi connectivity index (χ1n) is 10.7. The monoisotopic (exact) mass is 474 g/mol. The molecule has 4 rings (SSSR count). The molecule has 0 spiro atoms. The van der Waals surface area contributed by atoms with E-state index in [1.807, 2.05) is 6.92 Å². The van der Waals surface area contributed by atoms with Crippen LogP contribution < -0.4 is 15.8 Å². The standard InChI is InChI=1S/C22H27FN6O3S/c1-5-32-18-12-25-16(11-26-18)19(30)28-13-6-7-15(23)14(10-13)22(4)17-8-9-27-33(17,31)21(2,3)20(24)29-22/h6-7,10-12,17H,5,8-9H2,1-4H3,(H2,24,29)(H,28,30)/t17-,22+,33+/m0/s1. The van der Waals surface area contributed by atoms with E-state index in [1.165, 1.54) is 30.6 Å². The summed E-state index contributed by atoms with van der Waals surface area (Å²) >= 11 is 0. The summed E-state index contributed by atoms with van der Waals surface area (Å²) in [5, 5.41) is 2.20. The van der Waals surface area contributed by atoms with Gasteiger partial charge in [0.15, 0.2) is 0 Å². The van der Waals surface area contributed by atoms with Crippen LogP contribution in [0.1, 0.15) is 50.2 Å². The SMILES string of the molecule is CCOc1cnc(C(=O)Nc2ccc(F)c([C@@]3(C)N=C(N)C(C)(C)[S@@]4(=O)=NCC[C@@H]34)c2)cn1. The average Bonchev–Trinajstić information content (AvgIpc) is 3.19. The number of rotatable bonds is 5. The number of ether oxygens (including phenoxy) is 1. The first kappa shape index (κ1) is 23.1. The molecule has 9 nitrogen and oxygen atoms in total. The number of nitrogens with zero attached hydrogens (tertiary/aromatic N) is 4. The van der Waals surface area contributed by atoms with Crippen molar-refractivity contribution in [1.82, 2.24) is 9.97 Å². The van der Waals surface area contributed by atoms with Gasteiger partial charge in [0.1, 0.15) is 27.6 Å². The summed E-state index contributed by atoms with van der Waals surface area (Å²) in [7, 11) is -2.80. The number of benzene rings is 1. The number of anilines is 1. The summed E-state index contributed by atoms with van der Waals surface area (Å²) in [4.78, 5) is 25.4. The number of carbonyl (C=O) groups excluding carboxylic acids is 1. The Morgan fingerprint density at radius 2 is 2.06 bits per heavy atom. The van der Waals surface area contributed by atoms with Crippen molar-refractivity contribution in [2.24, 2.45) is 15.1 Å². The van der Waals surface area contributed by atoms with E-state index in [9.17, 15) is 9.00 Å². The van der Waals surface area contributed by atoms with Crippen LogP contribution in [0.15, 0.2) is 39.9 Å². The minimum atomic E-state index is -2.80. The van der Waals surface area contributed by atoms with Crippen LogP contribution in [0.4, 0.5) is 10.1 Å². The van der Waals surface area contributed by atoms with E-state index in [-0.39, 0.29) is 17.1 Å². The second-order valence-electron chi connectivity index (χ2n) is 8.68. The summed E-state index contributed by atoms with van der Waals surface area (Å²) in [5.74, 6) is -0.551. The highest BCUT2D eigenvalue weighted by Gasteiger charge is 2.56. The summed E-state index contributed by atoms with van der Waals surface area (Å²) in [6.45, 7) is 7.91. The molecular weight excluding hydrogens is 447 g/mol. The van der Waals surface area contributed by atoms with Crippen LogP contribution in [0.3, 0.4) is 0 Å². The molecule has 0 bridgehead atoms. The van der Waals surface area contributed by atoms with Crippen LogP contribution in [0.25, 0.3) is 0 Å². The topological polar surface area (TPSA) is 132 Å². The number of aliphatic imine (C=N–C) groups is 1. The van der Waals surface area contributed by atoms with Gasteiger partial charge >= 0.3 is 0 Å². The Balaban J connectivity index is 1.69. The van der Waals surface area contributed by atoms with E-state index in [2.05, 4.69) is 24.6 Å². The number of amides is 1. The highest BCUT2D eigenvalue weighted by atomic mass is 32.2. The Kier molecular flexibility index (Phi) is 5.63. The number of nitrogens with one attached hydrogen (secondary N) is 1. The zero-order valence-electron chi connectivity index (χ0n) is 19.0. The Bertz CT molecular complexity index is 1250. The van der Waals surface area contributed by atoms with Crippen LogP contribution in [-0.2, 0) is 15.3 Å². The van der Waals surface area contributed by atoms with Gasteiger partial charge in [-0.05, 0) is 52.3 Å². The Morgan fingerprint density at radius 1 is 1.30 bits per heavy atom. The largest absolute Gasteiger partial charge is 0.477 e. The fourth-order valence-electron chi connectivity index (χ4n) is 4.35. The second-order valence-corrected chi connectivity index (χ2v) is 11.7. The highest BCUT2D eigenvalue weighted by Crippen LogP contribution is 2.48. The molecule has 11 heteroatoms. The molecule has 0 fully saturated rings. The van der Waals surface area contributed by atoms with Gasteiger partial charge in [-0.3, -0.25) is 9.79 Å². The summed E-state index contributed by atoms with van der Waals surface area (Å²) in [6.07, 6.45) is 3.17. The van der Waals surface area contributed by atoms with Gasteiger partial charge in [0.2, 0.25) is 5.88 Å². The molecule has 2 aromatic rings. The molecule has 176 valence electrons. The first-order valence-corrected chi connectivity index (χ1v) is 12.2. The molecule has 1 aromatic heterocycles. The lowest BCUT2D eigenvalue weighted by atomic mass is 9.85. The van der Waals surface area contributed by atoms with Gasteiger partial charge in [0.25, 0.3) is 5.91 Å². The molecule has 0 aliphatic carbocycles. The van der Waals surface area contributed by atoms with E-state index in [4.69, 9.17) is 10.5 Å². The van der Waals surface area contributed by atoms with E-state index < -0.39 is 37.0 Å². The third-order valence-corrected chi connectivity index (χ3v) is 10.0. The molecule has 3 atom stereocenters. The summed E-state index contributed by atoms with van der Waals surface area (Å²) in [5.41, 5.74) is 5.66. The fraction of sp³-hybridized carbons (Fsp3) is 0.455. The van der Waals surface area contributed by atoms with Crippen molar-refractivity contribution in [2.75, 3.05) is 18.5 Å². The molecule has 1 amide bonds. The van der Waals surface area contributed by atoms with Gasteiger partial charge in [-0.25, -0.2) is 22.9 Å². The molecule has 0 saturated heterocycles. The van der Waals surface area contributed by atoms with Crippen molar-refractivity contribution in [3.8, 4) is 5.88 Å². The van der Waals surface area contributed by atoms with Crippen LogP contribution in [0, 0.1) is 5.82 Å². The third-order valence-electron chi connectivity index (χ3n) is 6.31. The quantitative estimate of drug-likeness (QED) is 0.685. The molecule has 33 heavy (non-hydrogen) atoms. The molecule has 0 unspecified atom stereocenters. The lowest BCUT2D eigenvalue weighted by molar-refractivity contribution is 0.102. The zero-order valence-corrected chi connectivity index (χ0v) is 19.8. The Hall–Kier alpha value is -3.08. The van der Waals surface area contributed by atoms with Crippen molar-refractivity contribution < 1.29 is 18.1 Å². The molecule has 2 aliphatic rings. The van der Waals surface area contributed by atoms with Crippen molar-refractivity contribution >= 4 is 27.2 Å². The molecule has 0 saturated carbocycles. The van der Waals surface area contributed by atoms with Crippen molar-refractivity contribution in [3.05, 3.63) is 47.7 Å². The van der Waals surface area contributed by atoms with E-state index in [0.29, 0.717) is 31.1 Å². The van der Waals surface area contributed by atoms with Crippen LogP contribution >= 0.6 is 0 Å². The van der Waals surface area contributed by atoms with E-state index in [0.717, 1.165) is 0 Å². The summed E-state index contributed by atoms with van der Waals surface area (Å²) < 4.78 is 37.7. The van der Waals surface area contributed by atoms with Gasteiger partial charge in [0.05, 0.1) is 34.0 Å². The second kappa shape index (κ2) is 8.05. The lowest BCUT2D eigenvalue weighted by Crippen LogP contribution is -2.58. The number of nitrogens with two attached hydrogens (primary N) is 1. The fourth-order valence-corrected chi connectivity index (χ4v) is 7.51. The number of aromatic nitrogens is 2.